The van der Waals surface area contributed by atoms with Crippen molar-refractivity contribution in [3.05, 3.63) is 0 Å². The predicted octanol–water partition coefficient (Wildman–Crippen LogP) is 1.77. The highest BCUT2D eigenvalue weighted by Crippen LogP contribution is 2.21. The van der Waals surface area contributed by atoms with Gasteiger partial charge in [0.1, 0.15) is 0 Å². The molecule has 19 heavy (non-hydrogen) atoms. The van der Waals surface area contributed by atoms with E-state index in [9.17, 15) is 9.90 Å². The van der Waals surface area contributed by atoms with E-state index in [2.05, 4.69) is 17.1 Å². The fraction of sp³-hybridized carbons (Fsp3) is 0.933. The van der Waals surface area contributed by atoms with Crippen molar-refractivity contribution in [3.8, 4) is 0 Å². The first-order valence-corrected chi connectivity index (χ1v) is 7.51. The molecule has 0 bridgehead atoms. The summed E-state index contributed by atoms with van der Waals surface area (Å²) in [5.41, 5.74) is -0.148. The maximum Gasteiger partial charge on any atom is 0.237 e. The van der Waals surface area contributed by atoms with Crippen molar-refractivity contribution in [1.82, 2.24) is 10.2 Å². The van der Waals surface area contributed by atoms with Gasteiger partial charge in [-0.15, -0.1) is 0 Å². The molecule has 0 aliphatic carbocycles. The van der Waals surface area contributed by atoms with Gasteiger partial charge in [0.05, 0.1) is 12.1 Å². The van der Waals surface area contributed by atoms with E-state index in [0.717, 1.165) is 32.4 Å². The third-order valence-electron chi connectivity index (χ3n) is 4.44. The third kappa shape index (κ3) is 4.77. The zero-order chi connectivity index (χ0) is 14.6. The van der Waals surface area contributed by atoms with Crippen LogP contribution in [-0.4, -0.2) is 46.7 Å². The van der Waals surface area contributed by atoms with Gasteiger partial charge in [0.2, 0.25) is 5.91 Å². The lowest BCUT2D eigenvalue weighted by molar-refractivity contribution is -0.128. The fourth-order valence-electron chi connectivity index (χ4n) is 2.48. The third-order valence-corrected chi connectivity index (χ3v) is 4.44. The second-order valence-electron chi connectivity index (χ2n) is 6.54. The Balaban J connectivity index is 2.56. The second-order valence-corrected chi connectivity index (χ2v) is 6.54. The average molecular weight is 270 g/mol. The van der Waals surface area contributed by atoms with Gasteiger partial charge in [-0.3, -0.25) is 9.69 Å². The number of aliphatic hydroxyl groups is 1. The monoisotopic (exact) mass is 270 g/mol. The van der Waals surface area contributed by atoms with E-state index in [4.69, 9.17) is 0 Å². The van der Waals surface area contributed by atoms with Gasteiger partial charge in [-0.1, -0.05) is 6.92 Å². The summed E-state index contributed by atoms with van der Waals surface area (Å²) in [5, 5.41) is 12.8. The zero-order valence-corrected chi connectivity index (χ0v) is 13.1. The van der Waals surface area contributed by atoms with E-state index in [1.807, 2.05) is 27.7 Å². The van der Waals surface area contributed by atoms with E-state index in [1.165, 1.54) is 0 Å². The number of carbonyl (C=O) groups excluding carboxylic acids is 1. The summed E-state index contributed by atoms with van der Waals surface area (Å²) >= 11 is 0. The standard InChI is InChI=1S/C15H30N2O2/c1-6-15(4,5)16-14(19)11(2)17-9-7-8-13(10-17)12(3)18/h11-13,18H,6-10H2,1-5H3,(H,16,19). The molecule has 3 atom stereocenters. The summed E-state index contributed by atoms with van der Waals surface area (Å²) in [6.45, 7) is 11.8. The van der Waals surface area contributed by atoms with Gasteiger partial charge in [0.15, 0.2) is 0 Å². The molecule has 0 aromatic heterocycles. The molecule has 0 aromatic rings. The molecule has 3 unspecified atom stereocenters. The SMILES string of the molecule is CCC(C)(C)NC(=O)C(C)N1CCCC(C(C)O)C1. The molecule has 4 heteroatoms. The number of likely N-dealkylation sites (tertiary alicyclic amines) is 1. The number of hydrogen-bond donors (Lipinski definition) is 2. The number of amides is 1. The largest absolute Gasteiger partial charge is 0.393 e. The van der Waals surface area contributed by atoms with Gasteiger partial charge in [-0.2, -0.15) is 0 Å². The Bertz CT molecular complexity index is 303. The molecule has 1 rings (SSSR count). The molecule has 1 heterocycles. The predicted molar refractivity (Wildman–Crippen MR) is 78.0 cm³/mol. The molecule has 112 valence electrons. The zero-order valence-electron chi connectivity index (χ0n) is 13.1. The Morgan fingerprint density at radius 1 is 1.47 bits per heavy atom. The molecular weight excluding hydrogens is 240 g/mol. The number of hydrogen-bond acceptors (Lipinski definition) is 3. The summed E-state index contributed by atoms with van der Waals surface area (Å²) in [7, 11) is 0. The van der Waals surface area contributed by atoms with Crippen LogP contribution in [0.5, 0.6) is 0 Å². The highest BCUT2D eigenvalue weighted by molar-refractivity contribution is 5.82. The molecule has 0 spiro atoms. The first-order valence-electron chi connectivity index (χ1n) is 7.51. The van der Waals surface area contributed by atoms with Crippen LogP contribution in [0.2, 0.25) is 0 Å². The van der Waals surface area contributed by atoms with Crippen molar-refractivity contribution in [1.29, 1.82) is 0 Å². The molecule has 2 N–H and O–H groups in total. The van der Waals surface area contributed by atoms with Crippen molar-refractivity contribution in [2.75, 3.05) is 13.1 Å². The number of rotatable bonds is 5. The topological polar surface area (TPSA) is 52.6 Å². The summed E-state index contributed by atoms with van der Waals surface area (Å²) in [4.78, 5) is 14.5. The molecular formula is C15H30N2O2. The number of nitrogens with one attached hydrogen (secondary N) is 1. The van der Waals surface area contributed by atoms with Crippen LogP contribution in [0, 0.1) is 5.92 Å². The number of aliphatic hydroxyl groups excluding tert-OH is 1. The first-order chi connectivity index (χ1) is 8.76. The Hall–Kier alpha value is -0.610. The quantitative estimate of drug-likeness (QED) is 0.800. The van der Waals surface area contributed by atoms with E-state index >= 15 is 0 Å². The lowest BCUT2D eigenvalue weighted by Gasteiger charge is -2.38. The Morgan fingerprint density at radius 2 is 2.11 bits per heavy atom. The summed E-state index contributed by atoms with van der Waals surface area (Å²) < 4.78 is 0. The van der Waals surface area contributed by atoms with Crippen LogP contribution in [0.4, 0.5) is 0 Å². The highest BCUT2D eigenvalue weighted by atomic mass is 16.3. The van der Waals surface area contributed by atoms with Crippen LogP contribution in [0.1, 0.15) is 53.9 Å². The second kappa shape index (κ2) is 6.71. The maximum atomic E-state index is 12.3. The Labute approximate surface area is 117 Å². The van der Waals surface area contributed by atoms with E-state index in [-0.39, 0.29) is 23.6 Å². The van der Waals surface area contributed by atoms with Crippen LogP contribution in [0.15, 0.2) is 0 Å². The van der Waals surface area contributed by atoms with Gasteiger partial charge >= 0.3 is 0 Å². The molecule has 0 radical (unpaired) electrons. The molecule has 1 saturated heterocycles. The van der Waals surface area contributed by atoms with Crippen molar-refractivity contribution in [2.45, 2.75) is 71.6 Å². The van der Waals surface area contributed by atoms with Crippen molar-refractivity contribution < 1.29 is 9.90 Å². The summed E-state index contributed by atoms with van der Waals surface area (Å²) in [6.07, 6.45) is 2.75. The lowest BCUT2D eigenvalue weighted by atomic mass is 9.92. The minimum Gasteiger partial charge on any atom is -0.393 e. The van der Waals surface area contributed by atoms with Crippen molar-refractivity contribution in [2.24, 2.45) is 5.92 Å². The fourth-order valence-corrected chi connectivity index (χ4v) is 2.48. The van der Waals surface area contributed by atoms with Crippen LogP contribution in [0.3, 0.4) is 0 Å². The molecule has 0 saturated carbocycles. The minimum atomic E-state index is -0.287. The average Bonchev–Trinajstić information content (AvgIpc) is 2.37. The lowest BCUT2D eigenvalue weighted by Crippen LogP contribution is -2.54. The van der Waals surface area contributed by atoms with Crippen LogP contribution >= 0.6 is 0 Å². The molecule has 4 nitrogen and oxygen atoms in total. The highest BCUT2D eigenvalue weighted by Gasteiger charge is 2.31. The maximum absolute atomic E-state index is 12.3. The van der Waals surface area contributed by atoms with Gasteiger partial charge in [-0.05, 0) is 59.4 Å². The molecule has 0 aromatic carbocycles. The van der Waals surface area contributed by atoms with Crippen molar-refractivity contribution in [3.63, 3.8) is 0 Å². The molecule has 1 aliphatic rings. The normalized spacial score (nSPS) is 24.8. The Kier molecular flexibility index (Phi) is 5.81. The van der Waals surface area contributed by atoms with E-state index < -0.39 is 0 Å². The number of carbonyl (C=O) groups is 1. The molecule has 1 aliphatic heterocycles. The minimum absolute atomic E-state index is 0.0955. The summed E-state index contributed by atoms with van der Waals surface area (Å²) in [6, 6.07) is -0.118. The number of nitrogens with zero attached hydrogens (tertiary/aromatic N) is 1. The van der Waals surface area contributed by atoms with Crippen LogP contribution < -0.4 is 5.32 Å². The smallest absolute Gasteiger partial charge is 0.237 e. The van der Waals surface area contributed by atoms with Crippen molar-refractivity contribution >= 4 is 5.91 Å². The Morgan fingerprint density at radius 3 is 2.63 bits per heavy atom. The summed E-state index contributed by atoms with van der Waals surface area (Å²) in [5.74, 6) is 0.390. The van der Waals surface area contributed by atoms with Gasteiger partial charge in [-0.25, -0.2) is 0 Å². The van der Waals surface area contributed by atoms with Gasteiger partial charge in [0.25, 0.3) is 0 Å². The first kappa shape index (κ1) is 16.4. The van der Waals surface area contributed by atoms with Gasteiger partial charge in [0, 0.05) is 12.1 Å². The number of piperidine rings is 1. The van der Waals surface area contributed by atoms with Crippen LogP contribution in [-0.2, 0) is 4.79 Å². The van der Waals surface area contributed by atoms with Crippen LogP contribution in [0.25, 0.3) is 0 Å². The van der Waals surface area contributed by atoms with E-state index in [1.54, 1.807) is 0 Å². The van der Waals surface area contributed by atoms with E-state index in [0.29, 0.717) is 5.92 Å². The molecule has 1 amide bonds. The molecule has 1 fully saturated rings. The van der Waals surface area contributed by atoms with Gasteiger partial charge < -0.3 is 10.4 Å².